The minimum absolute atomic E-state index is 0.0447. The van der Waals surface area contributed by atoms with Crippen LogP contribution in [0.25, 0.3) is 0 Å². The quantitative estimate of drug-likeness (QED) is 0.792. The van der Waals surface area contributed by atoms with Crippen LogP contribution in [0.3, 0.4) is 0 Å². The Morgan fingerprint density at radius 3 is 2.90 bits per heavy atom. The number of aromatic nitrogens is 2. The molecule has 1 aromatic rings. The summed E-state index contributed by atoms with van der Waals surface area (Å²) in [5.74, 6) is 0.436. The van der Waals surface area contributed by atoms with Gasteiger partial charge in [-0.2, -0.15) is 5.10 Å². The van der Waals surface area contributed by atoms with Crippen molar-refractivity contribution < 1.29 is 4.79 Å². The standard InChI is InChI=1S/C15H27N5O/c1-4-19(5-2)8-9-20-11-13(10-17-20)18-15(21)14-12(3)6-7-16-14/h10-12,14,16H,4-9H2,1-3H3,(H,18,21). The molecule has 1 aromatic heterocycles. The predicted octanol–water partition coefficient (Wildman–Crippen LogP) is 1.16. The van der Waals surface area contributed by atoms with E-state index in [-0.39, 0.29) is 11.9 Å². The number of anilines is 1. The van der Waals surface area contributed by atoms with Gasteiger partial charge in [0.25, 0.3) is 0 Å². The van der Waals surface area contributed by atoms with Crippen LogP contribution in [-0.4, -0.2) is 52.8 Å². The second-order valence-electron chi connectivity index (χ2n) is 5.71. The Balaban J connectivity index is 1.84. The van der Waals surface area contributed by atoms with Crippen molar-refractivity contribution in [1.29, 1.82) is 0 Å². The lowest BCUT2D eigenvalue weighted by atomic mass is 10.0. The van der Waals surface area contributed by atoms with Crippen molar-refractivity contribution in [3.8, 4) is 0 Å². The Morgan fingerprint density at radius 1 is 1.52 bits per heavy atom. The Morgan fingerprint density at radius 2 is 2.29 bits per heavy atom. The monoisotopic (exact) mass is 293 g/mol. The number of amides is 1. The van der Waals surface area contributed by atoms with Crippen molar-refractivity contribution in [1.82, 2.24) is 20.0 Å². The maximum Gasteiger partial charge on any atom is 0.241 e. The highest BCUT2D eigenvalue weighted by atomic mass is 16.2. The van der Waals surface area contributed by atoms with Crippen LogP contribution in [-0.2, 0) is 11.3 Å². The third-order valence-corrected chi connectivity index (χ3v) is 4.26. The number of nitrogens with zero attached hydrogens (tertiary/aromatic N) is 3. The first-order valence-electron chi connectivity index (χ1n) is 7.93. The van der Waals surface area contributed by atoms with Gasteiger partial charge >= 0.3 is 0 Å². The Hall–Kier alpha value is -1.40. The molecule has 0 aliphatic carbocycles. The molecule has 0 aromatic carbocycles. The first kappa shape index (κ1) is 16.0. The average Bonchev–Trinajstić information content (AvgIpc) is 3.09. The molecule has 1 saturated heterocycles. The summed E-state index contributed by atoms with van der Waals surface area (Å²) in [7, 11) is 0. The van der Waals surface area contributed by atoms with Crippen molar-refractivity contribution in [2.45, 2.75) is 39.8 Å². The van der Waals surface area contributed by atoms with Crippen LogP contribution < -0.4 is 10.6 Å². The molecule has 0 bridgehead atoms. The van der Waals surface area contributed by atoms with E-state index in [0.29, 0.717) is 5.92 Å². The summed E-state index contributed by atoms with van der Waals surface area (Å²) in [5.41, 5.74) is 0.778. The molecule has 1 aliphatic heterocycles. The Kier molecular flexibility index (Phi) is 5.76. The number of rotatable bonds is 7. The normalized spacial score (nSPS) is 21.9. The van der Waals surface area contributed by atoms with Gasteiger partial charge in [0.1, 0.15) is 0 Å². The van der Waals surface area contributed by atoms with Crippen molar-refractivity contribution in [2.24, 2.45) is 5.92 Å². The first-order valence-corrected chi connectivity index (χ1v) is 7.93. The summed E-state index contributed by atoms with van der Waals surface area (Å²) in [6, 6.07) is -0.0796. The van der Waals surface area contributed by atoms with Crippen LogP contribution in [0.5, 0.6) is 0 Å². The van der Waals surface area contributed by atoms with E-state index in [9.17, 15) is 4.79 Å². The van der Waals surface area contributed by atoms with Crippen molar-refractivity contribution >= 4 is 11.6 Å². The lowest BCUT2D eigenvalue weighted by Crippen LogP contribution is -2.38. The van der Waals surface area contributed by atoms with E-state index in [2.05, 4.69) is 41.4 Å². The molecule has 2 unspecified atom stereocenters. The Bertz CT molecular complexity index is 455. The molecule has 1 amide bonds. The van der Waals surface area contributed by atoms with Crippen molar-refractivity contribution in [2.75, 3.05) is 31.5 Å². The zero-order chi connectivity index (χ0) is 15.2. The summed E-state index contributed by atoms with van der Waals surface area (Å²) >= 11 is 0. The van der Waals surface area contributed by atoms with Gasteiger partial charge in [0.05, 0.1) is 24.5 Å². The third-order valence-electron chi connectivity index (χ3n) is 4.26. The van der Waals surface area contributed by atoms with Gasteiger partial charge in [-0.25, -0.2) is 0 Å². The van der Waals surface area contributed by atoms with Crippen LogP contribution >= 0.6 is 0 Å². The largest absolute Gasteiger partial charge is 0.322 e. The van der Waals surface area contributed by atoms with Gasteiger partial charge < -0.3 is 15.5 Å². The molecule has 2 N–H and O–H groups in total. The van der Waals surface area contributed by atoms with E-state index in [4.69, 9.17) is 0 Å². The van der Waals surface area contributed by atoms with Gasteiger partial charge in [0, 0.05) is 12.7 Å². The second kappa shape index (κ2) is 7.56. The van der Waals surface area contributed by atoms with Crippen molar-refractivity contribution in [3.05, 3.63) is 12.4 Å². The fourth-order valence-electron chi connectivity index (χ4n) is 2.74. The van der Waals surface area contributed by atoms with Crippen molar-refractivity contribution in [3.63, 3.8) is 0 Å². The van der Waals surface area contributed by atoms with Gasteiger partial charge in [0.15, 0.2) is 0 Å². The van der Waals surface area contributed by atoms with E-state index in [1.165, 1.54) is 0 Å². The molecule has 2 heterocycles. The van der Waals surface area contributed by atoms with Crippen LogP contribution in [0.4, 0.5) is 5.69 Å². The zero-order valence-corrected chi connectivity index (χ0v) is 13.3. The van der Waals surface area contributed by atoms with E-state index in [1.807, 2.05) is 10.9 Å². The number of carbonyl (C=O) groups excluding carboxylic acids is 1. The SMILES string of the molecule is CCN(CC)CCn1cc(NC(=O)C2NCCC2C)cn1. The molecular formula is C15H27N5O. The van der Waals surface area contributed by atoms with Gasteiger partial charge in [-0.3, -0.25) is 9.48 Å². The molecular weight excluding hydrogens is 266 g/mol. The van der Waals surface area contributed by atoms with E-state index >= 15 is 0 Å². The maximum atomic E-state index is 12.2. The van der Waals surface area contributed by atoms with Gasteiger partial charge in [-0.15, -0.1) is 0 Å². The van der Waals surface area contributed by atoms with Gasteiger partial charge in [0.2, 0.25) is 5.91 Å². The summed E-state index contributed by atoms with van der Waals surface area (Å²) in [6.45, 7) is 11.3. The summed E-state index contributed by atoms with van der Waals surface area (Å²) in [4.78, 5) is 14.5. The summed E-state index contributed by atoms with van der Waals surface area (Å²) in [6.07, 6.45) is 4.68. The molecule has 6 heteroatoms. The Labute approximate surface area is 126 Å². The van der Waals surface area contributed by atoms with E-state index in [0.717, 1.165) is 44.8 Å². The molecule has 1 aliphatic rings. The fourth-order valence-corrected chi connectivity index (χ4v) is 2.74. The fraction of sp³-hybridized carbons (Fsp3) is 0.733. The number of hydrogen-bond donors (Lipinski definition) is 2. The lowest BCUT2D eigenvalue weighted by molar-refractivity contribution is -0.118. The molecule has 0 spiro atoms. The molecule has 2 atom stereocenters. The molecule has 2 rings (SSSR count). The summed E-state index contributed by atoms with van der Waals surface area (Å²) < 4.78 is 1.89. The summed E-state index contributed by atoms with van der Waals surface area (Å²) in [5, 5.41) is 10.5. The molecule has 1 fully saturated rings. The number of carbonyl (C=O) groups is 1. The highest BCUT2D eigenvalue weighted by Gasteiger charge is 2.29. The molecule has 0 saturated carbocycles. The van der Waals surface area contributed by atoms with Gasteiger partial charge in [-0.1, -0.05) is 20.8 Å². The second-order valence-corrected chi connectivity index (χ2v) is 5.71. The molecule has 21 heavy (non-hydrogen) atoms. The van der Waals surface area contributed by atoms with Crippen LogP contribution in [0.1, 0.15) is 27.2 Å². The predicted molar refractivity (Wildman–Crippen MR) is 84.2 cm³/mol. The number of hydrogen-bond acceptors (Lipinski definition) is 4. The zero-order valence-electron chi connectivity index (χ0n) is 13.3. The molecule has 0 radical (unpaired) electrons. The molecule has 6 nitrogen and oxygen atoms in total. The lowest BCUT2D eigenvalue weighted by Gasteiger charge is -2.17. The number of likely N-dealkylation sites (N-methyl/N-ethyl adjacent to an activating group) is 1. The molecule has 118 valence electrons. The average molecular weight is 293 g/mol. The van der Waals surface area contributed by atoms with Gasteiger partial charge in [-0.05, 0) is 32.0 Å². The topological polar surface area (TPSA) is 62.2 Å². The highest BCUT2D eigenvalue weighted by Crippen LogP contribution is 2.16. The highest BCUT2D eigenvalue weighted by molar-refractivity contribution is 5.95. The minimum Gasteiger partial charge on any atom is -0.322 e. The van der Waals surface area contributed by atoms with E-state index < -0.39 is 0 Å². The van der Waals surface area contributed by atoms with Crippen LogP contribution in [0.2, 0.25) is 0 Å². The first-order chi connectivity index (χ1) is 10.1. The smallest absolute Gasteiger partial charge is 0.241 e. The van der Waals surface area contributed by atoms with Crippen LogP contribution in [0, 0.1) is 5.92 Å². The van der Waals surface area contributed by atoms with Crippen LogP contribution in [0.15, 0.2) is 12.4 Å². The number of nitrogens with one attached hydrogen (secondary N) is 2. The third kappa shape index (κ3) is 4.28. The maximum absolute atomic E-state index is 12.2. The van der Waals surface area contributed by atoms with E-state index in [1.54, 1.807) is 6.20 Å². The minimum atomic E-state index is -0.0796.